The lowest BCUT2D eigenvalue weighted by atomic mass is 10.1. The van der Waals surface area contributed by atoms with Gasteiger partial charge < -0.3 is 15.0 Å². The van der Waals surface area contributed by atoms with Crippen LogP contribution in [0.3, 0.4) is 0 Å². The van der Waals surface area contributed by atoms with Gasteiger partial charge in [-0.25, -0.2) is 4.79 Å². The maximum atomic E-state index is 12.1. The fourth-order valence-corrected chi connectivity index (χ4v) is 2.10. The van der Waals surface area contributed by atoms with Crippen LogP contribution >= 0.6 is 0 Å². The van der Waals surface area contributed by atoms with Crippen molar-refractivity contribution < 1.29 is 9.53 Å². The van der Waals surface area contributed by atoms with Crippen LogP contribution in [0.25, 0.3) is 0 Å². The smallest absolute Gasteiger partial charge is 0.355 e. The molecule has 1 heterocycles. The largest absolute Gasteiger partial charge is 0.460 e. The Morgan fingerprint density at radius 2 is 2.32 bits per heavy atom. The summed E-state index contributed by atoms with van der Waals surface area (Å²) in [5.74, 6) is -0.366. The van der Waals surface area contributed by atoms with Crippen LogP contribution in [0.4, 0.5) is 5.69 Å². The number of ether oxygens (including phenoxy) is 1. The van der Waals surface area contributed by atoms with Gasteiger partial charge in [0.25, 0.3) is 0 Å². The Morgan fingerprint density at radius 3 is 2.84 bits per heavy atom. The number of rotatable bonds is 5. The zero-order valence-electron chi connectivity index (χ0n) is 11.3. The van der Waals surface area contributed by atoms with Crippen LogP contribution in [0, 0.1) is 16.7 Å². The lowest BCUT2D eigenvalue weighted by Crippen LogP contribution is -2.18. The Morgan fingerprint density at radius 1 is 1.63 bits per heavy atom. The number of hydrogen-bond acceptors (Lipinski definition) is 4. The average Bonchev–Trinajstić information content (AvgIpc) is 3.00. The van der Waals surface area contributed by atoms with E-state index in [0.29, 0.717) is 24.4 Å². The molecule has 5 heteroatoms. The molecule has 1 fully saturated rings. The number of hydrogen-bond donors (Lipinski definition) is 1. The molecule has 1 saturated carbocycles. The summed E-state index contributed by atoms with van der Waals surface area (Å²) in [6.45, 7) is 4.28. The van der Waals surface area contributed by atoms with Crippen LogP contribution < -0.4 is 5.73 Å². The molecule has 1 aliphatic rings. The maximum absolute atomic E-state index is 12.1. The number of aromatic nitrogens is 1. The van der Waals surface area contributed by atoms with Crippen molar-refractivity contribution in [2.75, 3.05) is 12.3 Å². The van der Waals surface area contributed by atoms with Crippen molar-refractivity contribution in [2.24, 2.45) is 5.41 Å². The van der Waals surface area contributed by atoms with E-state index in [1.54, 1.807) is 12.3 Å². The third kappa shape index (κ3) is 2.90. The molecule has 0 aliphatic heterocycles. The predicted molar refractivity (Wildman–Crippen MR) is 71.4 cm³/mol. The number of carbonyl (C=O) groups is 1. The maximum Gasteiger partial charge on any atom is 0.355 e. The molecule has 2 N–H and O–H groups in total. The van der Waals surface area contributed by atoms with Crippen molar-refractivity contribution >= 4 is 11.7 Å². The zero-order valence-corrected chi connectivity index (χ0v) is 11.3. The van der Waals surface area contributed by atoms with Crippen LogP contribution in [0.15, 0.2) is 12.3 Å². The molecule has 1 aliphatic carbocycles. The first kappa shape index (κ1) is 13.5. The molecule has 1 aromatic heterocycles. The molecule has 1 aromatic rings. The van der Waals surface area contributed by atoms with Gasteiger partial charge in [-0.1, -0.05) is 0 Å². The number of nitrogen functional groups attached to an aromatic ring is 1. The molecule has 0 saturated heterocycles. The molecule has 0 unspecified atom stereocenters. The summed E-state index contributed by atoms with van der Waals surface area (Å²) in [5.41, 5.74) is 6.66. The second kappa shape index (κ2) is 4.96. The summed E-state index contributed by atoms with van der Waals surface area (Å²) >= 11 is 0. The molecule has 0 spiro atoms. The van der Waals surface area contributed by atoms with Crippen molar-refractivity contribution in [3.05, 3.63) is 18.0 Å². The van der Waals surface area contributed by atoms with E-state index in [1.165, 1.54) is 0 Å². The van der Waals surface area contributed by atoms with E-state index in [1.807, 2.05) is 18.4 Å². The number of esters is 1. The molecule has 2 rings (SSSR count). The summed E-state index contributed by atoms with van der Waals surface area (Å²) in [4.78, 5) is 12.1. The number of carbonyl (C=O) groups excluding carboxylic acids is 1. The average molecular weight is 261 g/mol. The Balaban J connectivity index is 2.03. The number of anilines is 1. The quantitative estimate of drug-likeness (QED) is 0.826. The second-order valence-corrected chi connectivity index (χ2v) is 5.57. The highest BCUT2D eigenvalue weighted by atomic mass is 16.5. The van der Waals surface area contributed by atoms with Gasteiger partial charge in [0.1, 0.15) is 5.69 Å². The van der Waals surface area contributed by atoms with Crippen LogP contribution in [0.1, 0.15) is 49.6 Å². The van der Waals surface area contributed by atoms with Gasteiger partial charge in [0.2, 0.25) is 0 Å². The molecule has 0 radical (unpaired) electrons. The first-order valence-corrected chi connectivity index (χ1v) is 6.49. The SMILES string of the molecule is CC(C)n1cc(N)cc1C(=O)OCC1(CC#N)CC1. The lowest BCUT2D eigenvalue weighted by molar-refractivity contribution is 0.0405. The highest BCUT2D eigenvalue weighted by Gasteiger charge is 2.44. The minimum atomic E-state index is -0.366. The van der Waals surface area contributed by atoms with Crippen molar-refractivity contribution in [1.82, 2.24) is 4.57 Å². The zero-order chi connectivity index (χ0) is 14.0. The summed E-state index contributed by atoms with van der Waals surface area (Å²) in [6, 6.07) is 3.93. The highest BCUT2D eigenvalue weighted by Crippen LogP contribution is 2.48. The van der Waals surface area contributed by atoms with E-state index < -0.39 is 0 Å². The van der Waals surface area contributed by atoms with Crippen molar-refractivity contribution in [3.63, 3.8) is 0 Å². The molecule has 0 aromatic carbocycles. The summed E-state index contributed by atoms with van der Waals surface area (Å²) in [6.07, 6.45) is 4.11. The minimum absolute atomic E-state index is 0.0921. The van der Waals surface area contributed by atoms with Gasteiger partial charge in [0.15, 0.2) is 0 Å². The van der Waals surface area contributed by atoms with E-state index in [-0.39, 0.29) is 17.4 Å². The van der Waals surface area contributed by atoms with E-state index in [2.05, 4.69) is 6.07 Å². The summed E-state index contributed by atoms with van der Waals surface area (Å²) in [5, 5.41) is 8.73. The molecule has 5 nitrogen and oxygen atoms in total. The molecule has 19 heavy (non-hydrogen) atoms. The van der Waals surface area contributed by atoms with E-state index >= 15 is 0 Å². The third-order valence-electron chi connectivity index (χ3n) is 3.56. The normalized spacial score (nSPS) is 16.1. The van der Waals surface area contributed by atoms with Gasteiger partial charge in [0, 0.05) is 24.1 Å². The van der Waals surface area contributed by atoms with Gasteiger partial charge in [-0.2, -0.15) is 5.26 Å². The minimum Gasteiger partial charge on any atom is -0.460 e. The Kier molecular flexibility index (Phi) is 3.52. The lowest BCUT2D eigenvalue weighted by Gasteiger charge is -2.14. The molecule has 0 atom stereocenters. The van der Waals surface area contributed by atoms with Gasteiger partial charge >= 0.3 is 5.97 Å². The first-order valence-electron chi connectivity index (χ1n) is 6.49. The van der Waals surface area contributed by atoms with Crippen molar-refractivity contribution in [2.45, 2.75) is 39.2 Å². The van der Waals surface area contributed by atoms with Gasteiger partial charge in [-0.3, -0.25) is 0 Å². The molecule has 0 amide bonds. The molecular weight excluding hydrogens is 242 g/mol. The number of nitrogens with two attached hydrogens (primary N) is 1. The van der Waals surface area contributed by atoms with Gasteiger partial charge in [-0.05, 0) is 32.8 Å². The summed E-state index contributed by atoms with van der Waals surface area (Å²) in [7, 11) is 0. The van der Waals surface area contributed by atoms with Gasteiger partial charge in [0.05, 0.1) is 18.4 Å². The summed E-state index contributed by atoms with van der Waals surface area (Å²) < 4.78 is 7.15. The molecular formula is C14H19N3O2. The standard InChI is InChI=1S/C14H19N3O2/c1-10(2)17-8-11(16)7-12(17)13(18)19-9-14(3-4-14)5-6-15/h7-8,10H,3-5,9,16H2,1-2H3. The van der Waals surface area contributed by atoms with Crippen LogP contribution in [0.5, 0.6) is 0 Å². The molecule has 102 valence electrons. The number of nitriles is 1. The second-order valence-electron chi connectivity index (χ2n) is 5.57. The van der Waals surface area contributed by atoms with Gasteiger partial charge in [-0.15, -0.1) is 0 Å². The first-order chi connectivity index (χ1) is 8.97. The van der Waals surface area contributed by atoms with Crippen LogP contribution in [0.2, 0.25) is 0 Å². The molecule has 0 bridgehead atoms. The highest BCUT2D eigenvalue weighted by molar-refractivity contribution is 5.89. The fourth-order valence-electron chi connectivity index (χ4n) is 2.10. The number of nitrogens with zero attached hydrogens (tertiary/aromatic N) is 2. The van der Waals surface area contributed by atoms with Crippen LogP contribution in [-0.2, 0) is 4.74 Å². The third-order valence-corrected chi connectivity index (χ3v) is 3.56. The Hall–Kier alpha value is -1.96. The van der Waals surface area contributed by atoms with Crippen molar-refractivity contribution in [1.29, 1.82) is 5.26 Å². The van der Waals surface area contributed by atoms with E-state index in [0.717, 1.165) is 12.8 Å². The Bertz CT molecular complexity index is 521. The Labute approximate surface area is 113 Å². The monoisotopic (exact) mass is 261 g/mol. The predicted octanol–water partition coefficient (Wildman–Crippen LogP) is 2.50. The van der Waals surface area contributed by atoms with Crippen molar-refractivity contribution in [3.8, 4) is 6.07 Å². The van der Waals surface area contributed by atoms with Crippen LogP contribution in [-0.4, -0.2) is 17.1 Å². The topological polar surface area (TPSA) is 81.0 Å². The van der Waals surface area contributed by atoms with E-state index in [9.17, 15) is 4.79 Å². The fraction of sp³-hybridized carbons (Fsp3) is 0.571. The van der Waals surface area contributed by atoms with E-state index in [4.69, 9.17) is 15.7 Å².